The number of benzene rings is 3. The van der Waals surface area contributed by atoms with Crippen molar-refractivity contribution in [2.45, 2.75) is 16.5 Å². The van der Waals surface area contributed by atoms with Crippen molar-refractivity contribution in [3.63, 3.8) is 0 Å². The fourth-order valence-electron chi connectivity index (χ4n) is 3.19. The molecule has 3 aromatic carbocycles. The van der Waals surface area contributed by atoms with Crippen molar-refractivity contribution in [2.75, 3.05) is 13.1 Å². The molecule has 2 amide bonds. The fourth-order valence-corrected chi connectivity index (χ4v) is 5.21. The first-order valence-electron chi connectivity index (χ1n) is 10.4. The van der Waals surface area contributed by atoms with Gasteiger partial charge in [-0.2, -0.15) is 0 Å². The summed E-state index contributed by atoms with van der Waals surface area (Å²) in [6.07, 6.45) is 0.0994. The number of carbonyl (C=O) groups excluding carboxylic acids is 2. The summed E-state index contributed by atoms with van der Waals surface area (Å²) in [6, 6.07) is 21.5. The number of nitrogens with zero attached hydrogens (tertiary/aromatic N) is 1. The molecule has 0 aliphatic rings. The predicted molar refractivity (Wildman–Crippen MR) is 131 cm³/mol. The molecule has 2 N–H and O–H groups in total. The number of hydrogen-bond acceptors (Lipinski definition) is 5. The van der Waals surface area contributed by atoms with E-state index in [2.05, 4.69) is 21.7 Å². The Bertz CT molecular complexity index is 1220. The third-order valence-electron chi connectivity index (χ3n) is 4.84. The van der Waals surface area contributed by atoms with Crippen LogP contribution in [0.25, 0.3) is 10.2 Å². The summed E-state index contributed by atoms with van der Waals surface area (Å²) < 4.78 is 15.4. The van der Waals surface area contributed by atoms with Crippen LogP contribution in [-0.2, 0) is 17.0 Å². The average Bonchev–Trinajstić information content (AvgIpc) is 3.24. The monoisotopic (exact) mass is 479 g/mol. The van der Waals surface area contributed by atoms with Crippen molar-refractivity contribution in [2.24, 2.45) is 0 Å². The molecule has 0 saturated carbocycles. The molecule has 4 aromatic rings. The van der Waals surface area contributed by atoms with Gasteiger partial charge in [0.05, 0.1) is 16.6 Å². The number of thioether (sulfide) groups is 1. The predicted octanol–water partition coefficient (Wildman–Crippen LogP) is 4.82. The maximum atomic E-state index is 13.2. The number of amides is 2. The molecule has 1 heterocycles. The van der Waals surface area contributed by atoms with E-state index in [1.54, 1.807) is 47.4 Å². The van der Waals surface area contributed by atoms with E-state index in [4.69, 9.17) is 0 Å². The lowest BCUT2D eigenvalue weighted by Crippen LogP contribution is -2.35. The summed E-state index contributed by atoms with van der Waals surface area (Å²) in [4.78, 5) is 28.9. The van der Waals surface area contributed by atoms with Gasteiger partial charge in [-0.3, -0.25) is 9.59 Å². The highest BCUT2D eigenvalue weighted by molar-refractivity contribution is 8.00. The number of para-hydroxylation sites is 1. The third kappa shape index (κ3) is 6.63. The van der Waals surface area contributed by atoms with Gasteiger partial charge in [-0.1, -0.05) is 48.2 Å². The number of hydrogen-bond donors (Lipinski definition) is 2. The number of carbonyl (C=O) groups is 2. The molecule has 4 rings (SSSR count). The number of fused-ring (bicyclic) bond motifs is 1. The smallest absolute Gasteiger partial charge is 0.251 e. The minimum Gasteiger partial charge on any atom is -0.354 e. The van der Waals surface area contributed by atoms with Crippen LogP contribution in [0.2, 0.25) is 0 Å². The molecule has 1 aromatic heterocycles. The number of rotatable bonds is 9. The molecule has 168 valence electrons. The molecule has 0 atom stereocenters. The summed E-state index contributed by atoms with van der Waals surface area (Å²) in [6.45, 7) is 0.611. The Morgan fingerprint density at radius 2 is 1.70 bits per heavy atom. The minimum atomic E-state index is -0.367. The molecule has 8 heteroatoms. The van der Waals surface area contributed by atoms with Gasteiger partial charge in [-0.15, -0.1) is 11.3 Å². The Balaban J connectivity index is 1.18. The number of halogens is 1. The van der Waals surface area contributed by atoms with Crippen molar-refractivity contribution >= 4 is 45.1 Å². The zero-order valence-electron chi connectivity index (χ0n) is 17.7. The van der Waals surface area contributed by atoms with Crippen molar-refractivity contribution in [1.29, 1.82) is 0 Å². The maximum Gasteiger partial charge on any atom is 0.251 e. The Hall–Kier alpha value is -3.23. The Kier molecular flexibility index (Phi) is 7.70. The second-order valence-corrected chi connectivity index (χ2v) is 9.60. The minimum absolute atomic E-state index is 0.0994. The van der Waals surface area contributed by atoms with Crippen LogP contribution in [0, 0.1) is 5.82 Å². The summed E-state index contributed by atoms with van der Waals surface area (Å²) >= 11 is 3.36. The fraction of sp³-hybridized carbons (Fsp3) is 0.160. The molecule has 0 aliphatic carbocycles. The Morgan fingerprint density at radius 1 is 0.909 bits per heavy atom. The van der Waals surface area contributed by atoms with Gasteiger partial charge in [-0.05, 0) is 47.5 Å². The van der Waals surface area contributed by atoms with Crippen molar-refractivity contribution in [1.82, 2.24) is 15.6 Å². The number of thiazole rings is 1. The van der Waals surface area contributed by atoms with Gasteiger partial charge < -0.3 is 10.6 Å². The zero-order valence-corrected chi connectivity index (χ0v) is 19.3. The van der Waals surface area contributed by atoms with E-state index in [9.17, 15) is 14.0 Å². The molecule has 0 spiro atoms. The number of nitrogens with one attached hydrogen (secondary N) is 2. The average molecular weight is 480 g/mol. The van der Waals surface area contributed by atoms with Crippen LogP contribution >= 0.6 is 23.1 Å². The van der Waals surface area contributed by atoms with Crippen LogP contribution in [0.15, 0.2) is 77.1 Å². The van der Waals surface area contributed by atoms with Crippen LogP contribution in [-0.4, -0.2) is 29.9 Å². The van der Waals surface area contributed by atoms with Crippen LogP contribution in [0.4, 0.5) is 4.39 Å². The highest BCUT2D eigenvalue weighted by Gasteiger charge is 2.08. The largest absolute Gasteiger partial charge is 0.354 e. The van der Waals surface area contributed by atoms with Crippen molar-refractivity contribution in [3.8, 4) is 0 Å². The highest BCUT2D eigenvalue weighted by atomic mass is 32.2. The van der Waals surface area contributed by atoms with Crippen LogP contribution in [0.1, 0.15) is 21.5 Å². The Morgan fingerprint density at radius 3 is 2.48 bits per heavy atom. The van der Waals surface area contributed by atoms with E-state index in [-0.39, 0.29) is 24.1 Å². The van der Waals surface area contributed by atoms with Gasteiger partial charge in [0.2, 0.25) is 5.91 Å². The normalized spacial score (nSPS) is 10.8. The molecule has 0 saturated heterocycles. The van der Waals surface area contributed by atoms with E-state index >= 15 is 0 Å². The van der Waals surface area contributed by atoms with Crippen molar-refractivity contribution < 1.29 is 14.0 Å². The van der Waals surface area contributed by atoms with E-state index in [1.807, 2.05) is 30.3 Å². The SMILES string of the molecule is O=C(Cc1cccc(F)c1)NCCNC(=O)c1ccc(CSc2nc3ccccc3s2)cc1. The van der Waals surface area contributed by atoms with E-state index in [0.717, 1.165) is 21.2 Å². The van der Waals surface area contributed by atoms with Crippen molar-refractivity contribution in [3.05, 3.63) is 95.3 Å². The number of aromatic nitrogens is 1. The zero-order chi connectivity index (χ0) is 23.0. The highest BCUT2D eigenvalue weighted by Crippen LogP contribution is 2.31. The van der Waals surface area contributed by atoms with Crippen LogP contribution in [0.5, 0.6) is 0 Å². The van der Waals surface area contributed by atoms with Gasteiger partial charge in [0.15, 0.2) is 4.34 Å². The topological polar surface area (TPSA) is 71.1 Å². The summed E-state index contributed by atoms with van der Waals surface area (Å²) in [5.74, 6) is -0.00231. The standard InChI is InChI=1S/C25H22FN3O2S2/c26-20-5-3-4-18(14-20)15-23(30)27-12-13-28-24(31)19-10-8-17(9-11-19)16-32-25-29-21-6-1-2-7-22(21)33-25/h1-11,14H,12-13,15-16H2,(H,27,30)(H,28,31). The first-order chi connectivity index (χ1) is 16.1. The lowest BCUT2D eigenvalue weighted by molar-refractivity contribution is -0.120. The Labute approximate surface area is 199 Å². The molecule has 5 nitrogen and oxygen atoms in total. The summed E-state index contributed by atoms with van der Waals surface area (Å²) in [7, 11) is 0. The maximum absolute atomic E-state index is 13.2. The first-order valence-corrected chi connectivity index (χ1v) is 12.2. The lowest BCUT2D eigenvalue weighted by atomic mass is 10.1. The van der Waals surface area contributed by atoms with Gasteiger partial charge in [0.25, 0.3) is 5.91 Å². The van der Waals surface area contributed by atoms with Crippen LogP contribution in [0.3, 0.4) is 0 Å². The van der Waals surface area contributed by atoms with Crippen LogP contribution < -0.4 is 10.6 Å². The van der Waals surface area contributed by atoms with E-state index in [1.165, 1.54) is 16.8 Å². The molecule has 0 bridgehead atoms. The molecular formula is C25H22FN3O2S2. The van der Waals surface area contributed by atoms with Gasteiger partial charge in [0, 0.05) is 24.4 Å². The van der Waals surface area contributed by atoms with Gasteiger partial charge in [-0.25, -0.2) is 9.37 Å². The third-order valence-corrected chi connectivity index (χ3v) is 7.09. The second-order valence-electron chi connectivity index (χ2n) is 7.35. The summed E-state index contributed by atoms with van der Waals surface area (Å²) in [5.41, 5.74) is 3.30. The van der Waals surface area contributed by atoms with E-state index in [0.29, 0.717) is 24.2 Å². The quantitative estimate of drug-likeness (QED) is 0.267. The molecule has 0 aliphatic heterocycles. The molecule has 0 unspecified atom stereocenters. The molecule has 33 heavy (non-hydrogen) atoms. The first kappa shape index (κ1) is 22.9. The second kappa shape index (κ2) is 11.1. The van der Waals surface area contributed by atoms with Gasteiger partial charge in [0.1, 0.15) is 5.82 Å². The summed E-state index contributed by atoms with van der Waals surface area (Å²) in [5, 5.41) is 5.52. The molecule has 0 radical (unpaired) electrons. The molecule has 0 fully saturated rings. The molecular weight excluding hydrogens is 457 g/mol. The lowest BCUT2D eigenvalue weighted by Gasteiger charge is -2.08. The van der Waals surface area contributed by atoms with Gasteiger partial charge >= 0.3 is 0 Å². The van der Waals surface area contributed by atoms with E-state index < -0.39 is 0 Å².